The van der Waals surface area contributed by atoms with Gasteiger partial charge >= 0.3 is 24.1 Å². The molecule has 12 nitrogen and oxygen atoms in total. The monoisotopic (exact) mass is 1140 g/mol. The van der Waals surface area contributed by atoms with Crippen LogP contribution in [0.5, 0.6) is 0 Å². The summed E-state index contributed by atoms with van der Waals surface area (Å²) in [6, 6.07) is 13.6. The molecule has 0 saturated heterocycles. The molecule has 1 unspecified atom stereocenters. The molecule has 3 amide bonds. The van der Waals surface area contributed by atoms with Gasteiger partial charge in [-0.15, -0.1) is 0 Å². The smallest absolute Gasteiger partial charge is 0.407 e. The number of ether oxygens (including phenoxy) is 4. The van der Waals surface area contributed by atoms with Crippen molar-refractivity contribution in [3.05, 3.63) is 84.0 Å². The molecule has 12 heteroatoms. The van der Waals surface area contributed by atoms with Crippen LogP contribution >= 0.6 is 0 Å². The largest absolute Gasteiger partial charge is 0.461 e. The van der Waals surface area contributed by atoms with Crippen LogP contribution in [0, 0.1) is 0 Å². The Hall–Kier alpha value is -5.13. The highest BCUT2D eigenvalue weighted by Crippen LogP contribution is 2.44. The first-order chi connectivity index (χ1) is 39.5. The molecule has 2 aromatic carbocycles. The van der Waals surface area contributed by atoms with Crippen LogP contribution in [0.25, 0.3) is 11.1 Å². The van der Waals surface area contributed by atoms with E-state index >= 15 is 0 Å². The molecule has 0 spiro atoms. The molecule has 1 aliphatic rings. The fraction of sp³-hybridized carbons (Fsp3) is 0.700. The van der Waals surface area contributed by atoms with E-state index in [2.05, 4.69) is 66.2 Å². The maximum absolute atomic E-state index is 14.5. The third kappa shape index (κ3) is 33.2. The lowest BCUT2D eigenvalue weighted by Crippen LogP contribution is -2.53. The number of hydrogen-bond donors (Lipinski definition) is 3. The van der Waals surface area contributed by atoms with Gasteiger partial charge in [0.15, 0.2) is 0 Å². The first-order valence-electron chi connectivity index (χ1n) is 32.6. The van der Waals surface area contributed by atoms with Crippen molar-refractivity contribution < 1.29 is 42.9 Å². The van der Waals surface area contributed by atoms with E-state index in [1.165, 1.54) is 109 Å². The van der Waals surface area contributed by atoms with E-state index in [1.54, 1.807) is 41.5 Å². The second-order valence-corrected chi connectivity index (χ2v) is 25.0. The van der Waals surface area contributed by atoms with Gasteiger partial charge in [-0.25, -0.2) is 14.4 Å². The number of amides is 3. The normalized spacial score (nSPS) is 13.6. The molecule has 2 aromatic rings. The number of esters is 2. The highest BCUT2D eigenvalue weighted by Gasteiger charge is 2.34. The van der Waals surface area contributed by atoms with Crippen molar-refractivity contribution in [1.29, 1.82) is 0 Å². The van der Waals surface area contributed by atoms with Crippen molar-refractivity contribution in [3.63, 3.8) is 0 Å². The first-order valence-corrected chi connectivity index (χ1v) is 32.6. The van der Waals surface area contributed by atoms with E-state index in [1.807, 2.05) is 36.4 Å². The summed E-state index contributed by atoms with van der Waals surface area (Å²) in [4.78, 5) is 68.6. The first kappa shape index (κ1) is 71.1. The number of alkyl carbamates (subject to hydrolysis) is 2. The molecule has 0 aromatic heterocycles. The van der Waals surface area contributed by atoms with E-state index < -0.39 is 59.7 Å². The van der Waals surface area contributed by atoms with Crippen LogP contribution in [0.1, 0.15) is 284 Å². The third-order valence-corrected chi connectivity index (χ3v) is 15.0. The Morgan fingerprint density at radius 1 is 0.488 bits per heavy atom. The summed E-state index contributed by atoms with van der Waals surface area (Å²) in [5.41, 5.74) is 2.78. The van der Waals surface area contributed by atoms with Crippen LogP contribution in [-0.2, 0) is 33.3 Å². The molecule has 3 N–H and O–H groups in total. The average Bonchev–Trinajstić information content (AvgIpc) is 4.02. The van der Waals surface area contributed by atoms with Crippen LogP contribution < -0.4 is 16.0 Å². The molecule has 3 atom stereocenters. The number of unbranched alkanes of at least 4 members (excludes halogenated alkanes) is 24. The molecule has 0 bridgehead atoms. The Morgan fingerprint density at radius 2 is 0.915 bits per heavy atom. The lowest BCUT2D eigenvalue weighted by molar-refractivity contribution is -0.162. The van der Waals surface area contributed by atoms with Gasteiger partial charge in [-0.2, -0.15) is 0 Å². The van der Waals surface area contributed by atoms with Crippen molar-refractivity contribution in [1.82, 2.24) is 16.0 Å². The van der Waals surface area contributed by atoms with E-state index in [0.29, 0.717) is 25.7 Å². The minimum atomic E-state index is -1.38. The number of carbonyl (C=O) groups is 5. The maximum atomic E-state index is 14.5. The molecular formula is C70H113N3O9. The summed E-state index contributed by atoms with van der Waals surface area (Å²) in [6.07, 6.45) is 42.0. The van der Waals surface area contributed by atoms with Crippen molar-refractivity contribution in [3.8, 4) is 11.1 Å². The molecule has 0 fully saturated rings. The zero-order chi connectivity index (χ0) is 59.7. The van der Waals surface area contributed by atoms with E-state index in [0.717, 1.165) is 86.5 Å². The Labute approximate surface area is 497 Å². The van der Waals surface area contributed by atoms with Gasteiger partial charge in [0.1, 0.15) is 36.0 Å². The summed E-state index contributed by atoms with van der Waals surface area (Å²) in [5.74, 6) is -2.23. The van der Waals surface area contributed by atoms with Crippen molar-refractivity contribution in [2.75, 3.05) is 13.2 Å². The van der Waals surface area contributed by atoms with Gasteiger partial charge in [-0.05, 0) is 160 Å². The molecule has 0 radical (unpaired) electrons. The quantitative estimate of drug-likeness (QED) is 0.0254. The minimum absolute atomic E-state index is 0.0384. The Morgan fingerprint density at radius 3 is 1.38 bits per heavy atom. The van der Waals surface area contributed by atoms with Gasteiger partial charge in [-0.1, -0.05) is 196 Å². The number of hydrogen-bond acceptors (Lipinski definition) is 9. The number of carbonyl (C=O) groups excluding carboxylic acids is 5. The van der Waals surface area contributed by atoms with Gasteiger partial charge in [-0.3, -0.25) is 9.59 Å². The molecule has 82 heavy (non-hydrogen) atoms. The summed E-state index contributed by atoms with van der Waals surface area (Å²) in [5, 5.41) is 8.34. The number of benzene rings is 2. The number of nitrogens with one attached hydrogen (secondary N) is 3. The fourth-order valence-electron chi connectivity index (χ4n) is 10.6. The Balaban J connectivity index is 1.69. The fourth-order valence-corrected chi connectivity index (χ4v) is 10.6. The highest BCUT2D eigenvalue weighted by molar-refractivity contribution is 5.91. The lowest BCUT2D eigenvalue weighted by Gasteiger charge is -2.26. The van der Waals surface area contributed by atoms with E-state index in [4.69, 9.17) is 18.9 Å². The van der Waals surface area contributed by atoms with Gasteiger partial charge < -0.3 is 34.9 Å². The SMILES string of the molecule is CCCCCCCC/C=C\CCCCCCCCC(CCCCCCC/C=C\CCCCCCCC)OC(=O)[C@H](CC(=O)OC(C)(C)C)NC(=O)[C@H](CCCCNC(=O)OC(C)(C)C)NC(=O)OCC1c2ccccc2-c2ccccc21. The Bertz CT molecular complexity index is 2090. The molecule has 0 saturated carbocycles. The molecular weight excluding hydrogens is 1030 g/mol. The minimum Gasteiger partial charge on any atom is -0.461 e. The number of fused-ring (bicyclic) bond motifs is 3. The van der Waals surface area contributed by atoms with Crippen LogP contribution in [-0.4, -0.2) is 72.6 Å². The lowest BCUT2D eigenvalue weighted by atomic mass is 9.98. The highest BCUT2D eigenvalue weighted by atomic mass is 16.6. The molecule has 462 valence electrons. The number of allylic oxidation sites excluding steroid dienone is 4. The predicted octanol–water partition coefficient (Wildman–Crippen LogP) is 18.2. The van der Waals surface area contributed by atoms with Crippen molar-refractivity contribution >= 4 is 30.0 Å². The molecule has 0 aliphatic heterocycles. The maximum Gasteiger partial charge on any atom is 0.407 e. The standard InChI is InChI=1S/C70H113N3O9/c1-9-11-13-15-17-19-21-23-25-27-29-31-33-35-37-39-47-56(46-38-36-34-32-30-28-26-24-22-20-18-16-14-12-10-2)80-66(76)63(54-64(74)81-69(3,4)5)72-65(75)62(52-44-45-53-71-67(77)82-70(6,7)8)73-68(78)79-55-61-59-50-42-40-48-57(59)58-49-41-43-51-60(58)61/h23-26,40-43,48-51,56,61-63H,9-22,27-39,44-47,52-55H2,1-8H3,(H,71,77)(H,72,75)(H,73,78)/b25-23-,26-24-/t56?,62-,63-/m0/s1. The van der Waals surface area contributed by atoms with E-state index in [-0.39, 0.29) is 31.6 Å². The van der Waals surface area contributed by atoms with Crippen LogP contribution in [0.15, 0.2) is 72.8 Å². The predicted molar refractivity (Wildman–Crippen MR) is 336 cm³/mol. The number of rotatable bonds is 45. The summed E-state index contributed by atoms with van der Waals surface area (Å²) in [7, 11) is 0. The van der Waals surface area contributed by atoms with Crippen LogP contribution in [0.4, 0.5) is 9.59 Å². The van der Waals surface area contributed by atoms with Crippen LogP contribution in [0.2, 0.25) is 0 Å². The van der Waals surface area contributed by atoms with Gasteiger partial charge in [0.05, 0.1) is 6.42 Å². The van der Waals surface area contributed by atoms with Gasteiger partial charge in [0, 0.05) is 12.5 Å². The molecule has 0 heterocycles. The van der Waals surface area contributed by atoms with Crippen molar-refractivity contribution in [2.24, 2.45) is 0 Å². The van der Waals surface area contributed by atoms with Crippen molar-refractivity contribution in [2.45, 2.75) is 303 Å². The summed E-state index contributed by atoms with van der Waals surface area (Å²) in [6.45, 7) is 15.5. The summed E-state index contributed by atoms with van der Waals surface area (Å²) < 4.78 is 23.3. The topological polar surface area (TPSA) is 158 Å². The van der Waals surface area contributed by atoms with Gasteiger partial charge in [0.25, 0.3) is 0 Å². The Kier molecular flexibility index (Phi) is 37.0. The second-order valence-electron chi connectivity index (χ2n) is 25.0. The van der Waals surface area contributed by atoms with Gasteiger partial charge in [0.2, 0.25) is 5.91 Å². The van der Waals surface area contributed by atoms with Crippen LogP contribution in [0.3, 0.4) is 0 Å². The second kappa shape index (κ2) is 42.6. The molecule has 1 aliphatic carbocycles. The van der Waals surface area contributed by atoms with E-state index in [9.17, 15) is 24.0 Å². The zero-order valence-electron chi connectivity index (χ0n) is 52.7. The average molecular weight is 1140 g/mol. The zero-order valence-corrected chi connectivity index (χ0v) is 52.7. The third-order valence-electron chi connectivity index (χ3n) is 15.0. The molecule has 3 rings (SSSR count). The summed E-state index contributed by atoms with van der Waals surface area (Å²) >= 11 is 0.